The molecule has 8 nitrogen and oxygen atoms in total. The zero-order valence-corrected chi connectivity index (χ0v) is 15.5. The second-order valence-electron chi connectivity index (χ2n) is 6.70. The van der Waals surface area contributed by atoms with Gasteiger partial charge in [0.15, 0.2) is 5.82 Å². The minimum Gasteiger partial charge on any atom is -0.377 e. The number of ether oxygens (including phenoxy) is 1. The number of aromatic nitrogens is 4. The third kappa shape index (κ3) is 3.23. The Hall–Kier alpha value is -3.00. The van der Waals surface area contributed by atoms with Gasteiger partial charge in [-0.1, -0.05) is 17.3 Å². The molecule has 8 heteroatoms. The zero-order chi connectivity index (χ0) is 19.0. The van der Waals surface area contributed by atoms with E-state index in [4.69, 9.17) is 9.26 Å². The van der Waals surface area contributed by atoms with Crippen LogP contribution in [0.25, 0.3) is 11.5 Å². The number of aryl methyl sites for hydroxylation is 2. The lowest BCUT2D eigenvalue weighted by Crippen LogP contribution is -2.44. The van der Waals surface area contributed by atoms with Crippen LogP contribution in [0.5, 0.6) is 0 Å². The van der Waals surface area contributed by atoms with Crippen LogP contribution >= 0.6 is 0 Å². The molecule has 3 aromatic rings. The summed E-state index contributed by atoms with van der Waals surface area (Å²) >= 11 is 0. The average Bonchev–Trinajstić information content (AvgIpc) is 3.32. The summed E-state index contributed by atoms with van der Waals surface area (Å²) in [4.78, 5) is 19.5. The van der Waals surface area contributed by atoms with Crippen LogP contribution in [0.4, 0.5) is 0 Å². The molecule has 4 rings (SSSR count). The molecule has 1 saturated heterocycles. The summed E-state index contributed by atoms with van der Waals surface area (Å²) in [7, 11) is 1.82. The Kier molecular flexibility index (Phi) is 4.49. The Morgan fingerprint density at radius 1 is 1.30 bits per heavy atom. The van der Waals surface area contributed by atoms with Crippen molar-refractivity contribution in [3.8, 4) is 11.5 Å². The van der Waals surface area contributed by atoms with Crippen LogP contribution in [0.2, 0.25) is 0 Å². The van der Waals surface area contributed by atoms with Gasteiger partial charge in [0, 0.05) is 25.4 Å². The standard InChI is InChI=1S/C19H21N5O3/c1-12-5-4-6-15(13(12)2)19(25)24-7-8-26-11-16(24)17-21-18(27-22-17)14-9-20-23(3)10-14/h4-6,9-10,16H,7-8,11H2,1-3H3/t16-/m0/s1. The third-order valence-corrected chi connectivity index (χ3v) is 4.92. The van der Waals surface area contributed by atoms with Crippen molar-refractivity contribution in [2.45, 2.75) is 19.9 Å². The maximum absolute atomic E-state index is 13.2. The molecular weight excluding hydrogens is 346 g/mol. The van der Waals surface area contributed by atoms with Crippen molar-refractivity contribution in [2.24, 2.45) is 7.05 Å². The number of carbonyl (C=O) groups excluding carboxylic acids is 1. The van der Waals surface area contributed by atoms with E-state index in [0.717, 1.165) is 16.7 Å². The summed E-state index contributed by atoms with van der Waals surface area (Å²) in [6.07, 6.45) is 3.46. The van der Waals surface area contributed by atoms with Gasteiger partial charge >= 0.3 is 0 Å². The quantitative estimate of drug-likeness (QED) is 0.706. The second-order valence-corrected chi connectivity index (χ2v) is 6.70. The summed E-state index contributed by atoms with van der Waals surface area (Å²) < 4.78 is 12.6. The fourth-order valence-electron chi connectivity index (χ4n) is 3.22. The third-order valence-electron chi connectivity index (χ3n) is 4.92. The van der Waals surface area contributed by atoms with Gasteiger partial charge in [-0.2, -0.15) is 10.1 Å². The summed E-state index contributed by atoms with van der Waals surface area (Å²) in [5.74, 6) is 0.771. The second kappa shape index (κ2) is 6.96. The van der Waals surface area contributed by atoms with E-state index in [9.17, 15) is 4.79 Å². The molecule has 0 saturated carbocycles. The zero-order valence-electron chi connectivity index (χ0n) is 15.5. The van der Waals surface area contributed by atoms with Crippen LogP contribution in [-0.2, 0) is 11.8 Å². The summed E-state index contributed by atoms with van der Waals surface area (Å²) in [6, 6.07) is 5.37. The van der Waals surface area contributed by atoms with Crippen molar-refractivity contribution in [2.75, 3.05) is 19.8 Å². The van der Waals surface area contributed by atoms with E-state index in [-0.39, 0.29) is 11.9 Å². The predicted molar refractivity (Wildman–Crippen MR) is 97.0 cm³/mol. The Labute approximate surface area is 156 Å². The number of benzene rings is 1. The van der Waals surface area contributed by atoms with Crippen LogP contribution in [0.1, 0.15) is 33.4 Å². The molecule has 1 aliphatic rings. The summed E-state index contributed by atoms with van der Waals surface area (Å²) in [6.45, 7) is 5.27. The molecule has 1 amide bonds. The van der Waals surface area contributed by atoms with Gasteiger partial charge in [-0.25, -0.2) is 0 Å². The van der Waals surface area contributed by atoms with Gasteiger partial charge in [0.25, 0.3) is 11.8 Å². The SMILES string of the molecule is Cc1cccc(C(=O)N2CCOC[C@H]2c2noc(-c3cnn(C)c3)n2)c1C. The number of amides is 1. The number of rotatable bonds is 3. The average molecular weight is 367 g/mol. The molecule has 1 fully saturated rings. The van der Waals surface area contributed by atoms with E-state index in [2.05, 4.69) is 15.2 Å². The smallest absolute Gasteiger partial charge is 0.261 e. The van der Waals surface area contributed by atoms with Crippen LogP contribution in [-0.4, -0.2) is 50.5 Å². The number of hydrogen-bond acceptors (Lipinski definition) is 6. The van der Waals surface area contributed by atoms with Crippen LogP contribution in [0.3, 0.4) is 0 Å². The lowest BCUT2D eigenvalue weighted by molar-refractivity contribution is -0.00581. The maximum atomic E-state index is 13.2. The van der Waals surface area contributed by atoms with Gasteiger partial charge in [-0.05, 0) is 31.0 Å². The normalized spacial score (nSPS) is 17.3. The molecule has 0 bridgehead atoms. The monoisotopic (exact) mass is 367 g/mol. The molecule has 1 aromatic carbocycles. The first-order chi connectivity index (χ1) is 13.0. The van der Waals surface area contributed by atoms with E-state index in [1.807, 2.05) is 39.1 Å². The first kappa shape index (κ1) is 17.4. The van der Waals surface area contributed by atoms with Gasteiger partial charge in [0.1, 0.15) is 6.04 Å². The number of nitrogens with zero attached hydrogens (tertiary/aromatic N) is 5. The van der Waals surface area contributed by atoms with Crippen molar-refractivity contribution < 1.29 is 14.1 Å². The molecule has 0 radical (unpaired) electrons. The predicted octanol–water partition coefficient (Wildman–Crippen LogP) is 2.30. The molecule has 3 heterocycles. The highest BCUT2D eigenvalue weighted by molar-refractivity contribution is 5.96. The molecule has 0 N–H and O–H groups in total. The molecule has 140 valence electrons. The molecule has 27 heavy (non-hydrogen) atoms. The molecule has 2 aromatic heterocycles. The molecule has 0 aliphatic carbocycles. The Morgan fingerprint density at radius 3 is 2.93 bits per heavy atom. The van der Waals surface area contributed by atoms with Gasteiger partial charge in [-0.15, -0.1) is 0 Å². The maximum Gasteiger partial charge on any atom is 0.261 e. The minimum atomic E-state index is -0.389. The molecule has 1 aliphatic heterocycles. The molecule has 0 unspecified atom stereocenters. The topological polar surface area (TPSA) is 86.3 Å². The highest BCUT2D eigenvalue weighted by atomic mass is 16.5. The van der Waals surface area contributed by atoms with E-state index >= 15 is 0 Å². The first-order valence-electron chi connectivity index (χ1n) is 8.82. The van der Waals surface area contributed by atoms with Crippen LogP contribution in [0, 0.1) is 13.8 Å². The summed E-state index contributed by atoms with van der Waals surface area (Å²) in [5, 5.41) is 8.21. The van der Waals surface area contributed by atoms with Crippen molar-refractivity contribution in [1.82, 2.24) is 24.8 Å². The fourth-order valence-corrected chi connectivity index (χ4v) is 3.22. The Bertz CT molecular complexity index is 977. The highest BCUT2D eigenvalue weighted by Gasteiger charge is 2.33. The highest BCUT2D eigenvalue weighted by Crippen LogP contribution is 2.27. The largest absolute Gasteiger partial charge is 0.377 e. The Morgan fingerprint density at radius 2 is 2.15 bits per heavy atom. The van der Waals surface area contributed by atoms with E-state index in [1.165, 1.54) is 0 Å². The van der Waals surface area contributed by atoms with Crippen molar-refractivity contribution >= 4 is 5.91 Å². The molecule has 1 atom stereocenters. The van der Waals surface area contributed by atoms with E-state index in [0.29, 0.717) is 37.0 Å². The van der Waals surface area contributed by atoms with Gasteiger partial charge in [0.2, 0.25) is 0 Å². The summed E-state index contributed by atoms with van der Waals surface area (Å²) in [5.41, 5.74) is 3.50. The lowest BCUT2D eigenvalue weighted by Gasteiger charge is -2.34. The van der Waals surface area contributed by atoms with Crippen molar-refractivity contribution in [3.63, 3.8) is 0 Å². The van der Waals surface area contributed by atoms with E-state index < -0.39 is 0 Å². The van der Waals surface area contributed by atoms with Crippen LogP contribution < -0.4 is 0 Å². The van der Waals surface area contributed by atoms with Gasteiger partial charge in [0.05, 0.1) is 25.0 Å². The molecule has 0 spiro atoms. The minimum absolute atomic E-state index is 0.0442. The molecular formula is C19H21N5O3. The van der Waals surface area contributed by atoms with Crippen molar-refractivity contribution in [1.29, 1.82) is 0 Å². The fraction of sp³-hybridized carbons (Fsp3) is 0.368. The van der Waals surface area contributed by atoms with Gasteiger partial charge in [-0.3, -0.25) is 9.48 Å². The van der Waals surface area contributed by atoms with Crippen LogP contribution in [0.15, 0.2) is 35.1 Å². The number of carbonyl (C=O) groups is 1. The lowest BCUT2D eigenvalue weighted by atomic mass is 10.0. The van der Waals surface area contributed by atoms with Crippen molar-refractivity contribution in [3.05, 3.63) is 53.1 Å². The van der Waals surface area contributed by atoms with Gasteiger partial charge < -0.3 is 14.2 Å². The number of morpholine rings is 1. The first-order valence-corrected chi connectivity index (χ1v) is 8.82. The van der Waals surface area contributed by atoms with E-state index in [1.54, 1.807) is 22.0 Å². The Balaban J connectivity index is 1.64. The number of hydrogen-bond donors (Lipinski definition) is 0.